The lowest BCUT2D eigenvalue weighted by molar-refractivity contribution is 0.0963. The molecule has 14 heavy (non-hydrogen) atoms. The summed E-state index contributed by atoms with van der Waals surface area (Å²) in [5.41, 5.74) is 0.648. The number of aromatic nitrogens is 1. The minimum Gasteiger partial charge on any atom is -0.294 e. The molecule has 0 radical (unpaired) electrons. The topological polar surface area (TPSA) is 30.0 Å². The third kappa shape index (κ3) is 3.11. The van der Waals surface area contributed by atoms with Crippen LogP contribution in [0.5, 0.6) is 0 Å². The minimum atomic E-state index is 0.142. The summed E-state index contributed by atoms with van der Waals surface area (Å²) < 4.78 is 0. The molecular formula is C11H14ClNO. The molecule has 0 amide bonds. The van der Waals surface area contributed by atoms with Gasteiger partial charge in [-0.1, -0.05) is 31.9 Å². The molecule has 0 N–H and O–H groups in total. The van der Waals surface area contributed by atoms with Gasteiger partial charge in [-0.3, -0.25) is 4.79 Å². The van der Waals surface area contributed by atoms with Gasteiger partial charge in [0.25, 0.3) is 0 Å². The number of carbonyl (C=O) groups excluding carboxylic acids is 1. The van der Waals surface area contributed by atoms with E-state index in [1.165, 1.54) is 6.20 Å². The summed E-state index contributed by atoms with van der Waals surface area (Å²) in [6.07, 6.45) is 3.14. The van der Waals surface area contributed by atoms with Crippen molar-refractivity contribution in [1.82, 2.24) is 4.98 Å². The second-order valence-corrected chi connectivity index (χ2v) is 3.90. The lowest BCUT2D eigenvalue weighted by Gasteiger charge is -2.06. The highest BCUT2D eigenvalue weighted by Gasteiger charge is 2.09. The highest BCUT2D eigenvalue weighted by Crippen LogP contribution is 2.13. The Morgan fingerprint density at radius 3 is 2.79 bits per heavy atom. The second-order valence-electron chi connectivity index (χ2n) is 3.51. The summed E-state index contributed by atoms with van der Waals surface area (Å²) in [6.45, 7) is 4.15. The van der Waals surface area contributed by atoms with Crippen LogP contribution in [0, 0.1) is 5.92 Å². The van der Waals surface area contributed by atoms with Crippen molar-refractivity contribution in [2.75, 3.05) is 0 Å². The largest absolute Gasteiger partial charge is 0.294 e. The number of rotatable bonds is 4. The van der Waals surface area contributed by atoms with Crippen LogP contribution in [0.1, 0.15) is 37.0 Å². The molecule has 1 aromatic rings. The summed E-state index contributed by atoms with van der Waals surface area (Å²) in [5.74, 6) is 0.571. The second kappa shape index (κ2) is 5.11. The molecular weight excluding hydrogens is 198 g/mol. The smallest absolute Gasteiger partial charge is 0.164 e. The van der Waals surface area contributed by atoms with Gasteiger partial charge in [-0.15, -0.1) is 0 Å². The van der Waals surface area contributed by atoms with Crippen molar-refractivity contribution in [2.24, 2.45) is 5.92 Å². The van der Waals surface area contributed by atoms with Crippen LogP contribution >= 0.6 is 11.6 Å². The van der Waals surface area contributed by atoms with Crippen LogP contribution in [0.15, 0.2) is 18.3 Å². The molecule has 1 unspecified atom stereocenters. The first-order valence-electron chi connectivity index (χ1n) is 4.78. The molecule has 0 aliphatic carbocycles. The van der Waals surface area contributed by atoms with E-state index >= 15 is 0 Å². The van der Waals surface area contributed by atoms with Gasteiger partial charge in [-0.2, -0.15) is 0 Å². The van der Waals surface area contributed by atoms with Crippen molar-refractivity contribution in [1.29, 1.82) is 0 Å². The van der Waals surface area contributed by atoms with Gasteiger partial charge in [-0.05, 0) is 18.1 Å². The van der Waals surface area contributed by atoms with E-state index in [-0.39, 0.29) is 5.78 Å². The van der Waals surface area contributed by atoms with Crippen molar-refractivity contribution in [3.8, 4) is 0 Å². The fourth-order valence-corrected chi connectivity index (χ4v) is 1.23. The predicted octanol–water partition coefficient (Wildman–Crippen LogP) is 3.35. The van der Waals surface area contributed by atoms with Crippen molar-refractivity contribution in [3.05, 3.63) is 29.0 Å². The van der Waals surface area contributed by atoms with Crippen molar-refractivity contribution < 1.29 is 4.79 Å². The van der Waals surface area contributed by atoms with Crippen LogP contribution in [0.4, 0.5) is 0 Å². The zero-order valence-electron chi connectivity index (χ0n) is 8.46. The van der Waals surface area contributed by atoms with E-state index in [4.69, 9.17) is 11.6 Å². The number of pyridine rings is 1. The van der Waals surface area contributed by atoms with E-state index < -0.39 is 0 Å². The van der Waals surface area contributed by atoms with Crippen LogP contribution in [0.25, 0.3) is 0 Å². The Morgan fingerprint density at radius 1 is 1.57 bits per heavy atom. The summed E-state index contributed by atoms with van der Waals surface area (Å²) in [6, 6.07) is 3.37. The summed E-state index contributed by atoms with van der Waals surface area (Å²) in [4.78, 5) is 15.5. The Hall–Kier alpha value is -0.890. The van der Waals surface area contributed by atoms with Gasteiger partial charge in [0.15, 0.2) is 5.78 Å². The van der Waals surface area contributed by atoms with Gasteiger partial charge < -0.3 is 0 Å². The summed E-state index contributed by atoms with van der Waals surface area (Å²) >= 11 is 5.63. The molecule has 0 aliphatic heterocycles. The minimum absolute atomic E-state index is 0.142. The zero-order chi connectivity index (χ0) is 10.6. The Balaban J connectivity index is 2.65. The molecule has 0 aromatic carbocycles. The normalized spacial score (nSPS) is 12.5. The first kappa shape index (κ1) is 11.2. The van der Waals surface area contributed by atoms with Crippen LogP contribution < -0.4 is 0 Å². The fourth-order valence-electron chi connectivity index (χ4n) is 1.12. The Bertz CT molecular complexity index is 308. The van der Waals surface area contributed by atoms with Crippen LogP contribution in [-0.4, -0.2) is 10.8 Å². The maximum Gasteiger partial charge on any atom is 0.164 e. The predicted molar refractivity (Wildman–Crippen MR) is 57.6 cm³/mol. The van der Waals surface area contributed by atoms with Crippen molar-refractivity contribution in [3.63, 3.8) is 0 Å². The zero-order valence-corrected chi connectivity index (χ0v) is 9.21. The van der Waals surface area contributed by atoms with E-state index in [0.717, 1.165) is 6.42 Å². The summed E-state index contributed by atoms with van der Waals surface area (Å²) in [7, 11) is 0. The lowest BCUT2D eigenvalue weighted by Crippen LogP contribution is -2.05. The molecule has 2 nitrogen and oxygen atoms in total. The average molecular weight is 212 g/mol. The monoisotopic (exact) mass is 211 g/mol. The van der Waals surface area contributed by atoms with Gasteiger partial charge >= 0.3 is 0 Å². The number of halogens is 1. The first-order chi connectivity index (χ1) is 6.63. The molecule has 0 saturated heterocycles. The summed E-state index contributed by atoms with van der Waals surface area (Å²) in [5, 5.41) is 0.421. The Morgan fingerprint density at radius 2 is 2.29 bits per heavy atom. The number of hydrogen-bond donors (Lipinski definition) is 0. The van der Waals surface area contributed by atoms with Crippen LogP contribution in [0.3, 0.4) is 0 Å². The molecule has 3 heteroatoms. The third-order valence-corrected chi connectivity index (χ3v) is 2.50. The van der Waals surface area contributed by atoms with Crippen molar-refractivity contribution >= 4 is 17.4 Å². The standard InChI is InChI=1S/C11H14ClNO/c1-3-8(2)6-10(14)9-4-5-11(12)13-7-9/h4-5,7-8H,3,6H2,1-2H3. The van der Waals surface area contributed by atoms with E-state index in [9.17, 15) is 4.79 Å². The number of ketones is 1. The lowest BCUT2D eigenvalue weighted by atomic mass is 9.99. The number of hydrogen-bond acceptors (Lipinski definition) is 2. The quantitative estimate of drug-likeness (QED) is 0.565. The van der Waals surface area contributed by atoms with Gasteiger partial charge in [0.1, 0.15) is 5.15 Å². The maximum absolute atomic E-state index is 11.6. The van der Waals surface area contributed by atoms with E-state index in [2.05, 4.69) is 18.8 Å². The Labute approximate surface area is 89.3 Å². The molecule has 76 valence electrons. The molecule has 1 rings (SSSR count). The van der Waals surface area contributed by atoms with Crippen molar-refractivity contribution in [2.45, 2.75) is 26.7 Å². The third-order valence-electron chi connectivity index (χ3n) is 2.28. The fraction of sp³-hybridized carbons (Fsp3) is 0.455. The number of nitrogens with zero attached hydrogens (tertiary/aromatic N) is 1. The molecule has 0 spiro atoms. The molecule has 0 bridgehead atoms. The van der Waals surface area contributed by atoms with Crippen LogP contribution in [0.2, 0.25) is 5.15 Å². The molecule has 1 aromatic heterocycles. The molecule has 0 aliphatic rings. The van der Waals surface area contributed by atoms with Gasteiger partial charge in [-0.25, -0.2) is 4.98 Å². The van der Waals surface area contributed by atoms with Gasteiger partial charge in [0.2, 0.25) is 0 Å². The number of carbonyl (C=O) groups is 1. The first-order valence-corrected chi connectivity index (χ1v) is 5.16. The molecule has 0 fully saturated rings. The SMILES string of the molecule is CCC(C)CC(=O)c1ccc(Cl)nc1. The van der Waals surface area contributed by atoms with Gasteiger partial charge in [0, 0.05) is 18.2 Å². The van der Waals surface area contributed by atoms with Crippen LogP contribution in [-0.2, 0) is 0 Å². The average Bonchev–Trinajstić information content (AvgIpc) is 2.18. The van der Waals surface area contributed by atoms with E-state index in [1.807, 2.05) is 0 Å². The maximum atomic E-state index is 11.6. The molecule has 1 atom stereocenters. The molecule has 1 heterocycles. The highest BCUT2D eigenvalue weighted by atomic mass is 35.5. The van der Waals surface area contributed by atoms with E-state index in [0.29, 0.717) is 23.1 Å². The van der Waals surface area contributed by atoms with E-state index in [1.54, 1.807) is 12.1 Å². The Kier molecular flexibility index (Phi) is 4.08. The number of Topliss-reactive ketones (excluding diaryl/α,β-unsaturated/α-hetero) is 1. The van der Waals surface area contributed by atoms with Gasteiger partial charge in [0.05, 0.1) is 0 Å². The molecule has 0 saturated carbocycles. The highest BCUT2D eigenvalue weighted by molar-refractivity contribution is 6.29.